The highest BCUT2D eigenvalue weighted by Gasteiger charge is 2.54. The Hall–Kier alpha value is -2.70. The third-order valence-electron chi connectivity index (χ3n) is 8.34. The first-order chi connectivity index (χ1) is 21.7. The molecule has 5 atom stereocenters. The van der Waals surface area contributed by atoms with Gasteiger partial charge in [0.1, 0.15) is 12.7 Å². The van der Waals surface area contributed by atoms with Crippen LogP contribution in [0.15, 0.2) is 17.3 Å². The van der Waals surface area contributed by atoms with Gasteiger partial charge in [-0.05, 0) is 44.6 Å². The summed E-state index contributed by atoms with van der Waals surface area (Å²) >= 11 is 0. The van der Waals surface area contributed by atoms with Crippen molar-refractivity contribution in [1.29, 1.82) is 0 Å². The van der Waals surface area contributed by atoms with Crippen molar-refractivity contribution in [2.24, 2.45) is 22.7 Å². The lowest BCUT2D eigenvalue weighted by Crippen LogP contribution is -2.51. The topological polar surface area (TPSA) is 156 Å². The minimum Gasteiger partial charge on any atom is -0.463 e. The summed E-state index contributed by atoms with van der Waals surface area (Å²) in [5.41, 5.74) is 1.90. The van der Waals surface area contributed by atoms with Gasteiger partial charge in [-0.1, -0.05) is 80.1 Å². The molecule has 0 spiro atoms. The Labute approximate surface area is 268 Å². The third-order valence-corrected chi connectivity index (χ3v) is 8.34. The SMILES string of the molecule is CCCC(CCC)C(=O)OC[C@H]1O[C@@H](N2C=CC(NO)=NC2O)[C@H](OC(=O)C(CCC)CCC)[C@@H]1OC(=O)C(CCC)CCC. The van der Waals surface area contributed by atoms with E-state index in [4.69, 9.17) is 18.9 Å². The van der Waals surface area contributed by atoms with E-state index in [1.165, 1.54) is 17.2 Å². The van der Waals surface area contributed by atoms with Crippen LogP contribution in [-0.4, -0.2) is 76.5 Å². The van der Waals surface area contributed by atoms with E-state index in [0.29, 0.717) is 38.5 Å². The van der Waals surface area contributed by atoms with E-state index in [1.807, 2.05) is 47.0 Å². The van der Waals surface area contributed by atoms with E-state index in [9.17, 15) is 24.7 Å². The lowest BCUT2D eigenvalue weighted by atomic mass is 9.97. The molecule has 0 aromatic carbocycles. The zero-order chi connectivity index (χ0) is 33.4. The fraction of sp³-hybridized carbons (Fsp3) is 0.818. The number of aliphatic hydroxyl groups excluding tert-OH is 1. The lowest BCUT2D eigenvalue weighted by Gasteiger charge is -2.35. The van der Waals surface area contributed by atoms with Crippen LogP contribution < -0.4 is 5.48 Å². The van der Waals surface area contributed by atoms with Crippen LogP contribution in [0.2, 0.25) is 0 Å². The Morgan fingerprint density at radius 2 is 1.24 bits per heavy atom. The van der Waals surface area contributed by atoms with Crippen molar-refractivity contribution in [3.8, 4) is 0 Å². The maximum absolute atomic E-state index is 13.6. The molecule has 0 saturated carbocycles. The highest BCUT2D eigenvalue weighted by Crippen LogP contribution is 2.34. The molecule has 12 nitrogen and oxygen atoms in total. The highest BCUT2D eigenvalue weighted by molar-refractivity contribution is 5.92. The zero-order valence-electron chi connectivity index (χ0n) is 28.1. The molecule has 0 aromatic heterocycles. The standard InChI is InChI=1S/C33H57N3O9/c1-7-13-22(14-8-2)30(37)42-21-25-27(44-31(38)23(15-9-3)16-10-4)28(45-32(39)24(17-11-5)18-12-6)29(43-25)36-20-19-26(35-41)34-33(36)40/h19-20,22-25,27-29,33,40-41H,7-18,21H2,1-6H3,(H,34,35)/t25-,27-,28-,29-,33?/m1/s1. The average molecular weight is 640 g/mol. The van der Waals surface area contributed by atoms with E-state index >= 15 is 0 Å². The van der Waals surface area contributed by atoms with Crippen molar-refractivity contribution in [2.75, 3.05) is 6.61 Å². The number of amidine groups is 1. The number of esters is 3. The summed E-state index contributed by atoms with van der Waals surface area (Å²) in [6, 6.07) is 0. The van der Waals surface area contributed by atoms with Gasteiger partial charge in [0.2, 0.25) is 6.35 Å². The highest BCUT2D eigenvalue weighted by atomic mass is 16.7. The molecule has 1 unspecified atom stereocenters. The molecule has 0 aromatic rings. The van der Waals surface area contributed by atoms with Gasteiger partial charge in [0, 0.05) is 6.20 Å². The van der Waals surface area contributed by atoms with E-state index in [2.05, 4.69) is 4.99 Å². The number of nitrogens with one attached hydrogen (secondary N) is 1. The largest absolute Gasteiger partial charge is 0.463 e. The molecule has 0 amide bonds. The third kappa shape index (κ3) is 11.2. The summed E-state index contributed by atoms with van der Waals surface area (Å²) in [6.45, 7) is 11.8. The van der Waals surface area contributed by atoms with Gasteiger partial charge in [-0.2, -0.15) is 0 Å². The summed E-state index contributed by atoms with van der Waals surface area (Å²) in [7, 11) is 0. The minimum atomic E-state index is -1.51. The van der Waals surface area contributed by atoms with Gasteiger partial charge in [-0.3, -0.25) is 25.1 Å². The number of aliphatic hydroxyl groups is 1. The molecule has 0 bridgehead atoms. The normalized spacial score (nSPS) is 23.0. The number of nitrogens with zero attached hydrogens (tertiary/aromatic N) is 2. The number of hydrogen-bond acceptors (Lipinski definition) is 12. The molecule has 1 saturated heterocycles. The number of hydrogen-bond donors (Lipinski definition) is 3. The monoisotopic (exact) mass is 639 g/mol. The van der Waals surface area contributed by atoms with E-state index in [1.54, 1.807) is 0 Å². The maximum atomic E-state index is 13.6. The zero-order valence-corrected chi connectivity index (χ0v) is 28.1. The Kier molecular flexibility index (Phi) is 17.5. The van der Waals surface area contributed by atoms with Gasteiger partial charge in [0.15, 0.2) is 24.3 Å². The Morgan fingerprint density at radius 1 is 0.800 bits per heavy atom. The molecule has 3 N–H and O–H groups in total. The molecule has 2 heterocycles. The van der Waals surface area contributed by atoms with Crippen LogP contribution >= 0.6 is 0 Å². The molecule has 45 heavy (non-hydrogen) atoms. The predicted molar refractivity (Wildman–Crippen MR) is 169 cm³/mol. The van der Waals surface area contributed by atoms with Gasteiger partial charge in [0.05, 0.1) is 17.8 Å². The first-order valence-electron chi connectivity index (χ1n) is 17.0. The van der Waals surface area contributed by atoms with Crippen LogP contribution in [0.4, 0.5) is 0 Å². The molecular formula is C33H57N3O9. The summed E-state index contributed by atoms with van der Waals surface area (Å²) in [4.78, 5) is 45.6. The molecule has 2 aliphatic rings. The van der Waals surface area contributed by atoms with Crippen LogP contribution in [0.1, 0.15) is 119 Å². The molecular weight excluding hydrogens is 582 g/mol. The second kappa shape index (κ2) is 20.4. The average Bonchev–Trinajstić information content (AvgIpc) is 3.34. The van der Waals surface area contributed by atoms with Crippen molar-refractivity contribution in [3.63, 3.8) is 0 Å². The number of hydroxylamine groups is 1. The van der Waals surface area contributed by atoms with Gasteiger partial charge >= 0.3 is 17.9 Å². The minimum absolute atomic E-state index is 0.0181. The summed E-state index contributed by atoms with van der Waals surface area (Å²) in [6.07, 6.45) is 5.68. The van der Waals surface area contributed by atoms with E-state index < -0.39 is 42.8 Å². The second-order valence-electron chi connectivity index (χ2n) is 12.1. The first-order valence-corrected chi connectivity index (χ1v) is 17.0. The van der Waals surface area contributed by atoms with E-state index in [0.717, 1.165) is 38.5 Å². The van der Waals surface area contributed by atoms with Crippen molar-refractivity contribution < 1.29 is 43.6 Å². The van der Waals surface area contributed by atoms with Crippen LogP contribution in [0.3, 0.4) is 0 Å². The van der Waals surface area contributed by atoms with Crippen molar-refractivity contribution in [2.45, 2.75) is 149 Å². The van der Waals surface area contributed by atoms with Gasteiger partial charge in [-0.15, -0.1) is 0 Å². The smallest absolute Gasteiger partial charge is 0.309 e. The van der Waals surface area contributed by atoms with Crippen LogP contribution in [-0.2, 0) is 33.3 Å². The fourth-order valence-electron chi connectivity index (χ4n) is 6.07. The van der Waals surface area contributed by atoms with Crippen molar-refractivity contribution in [3.05, 3.63) is 12.3 Å². The number of aliphatic imine (C=N–C) groups is 1. The number of carbonyl (C=O) groups excluding carboxylic acids is 3. The van der Waals surface area contributed by atoms with Gasteiger partial charge in [0.25, 0.3) is 0 Å². The molecule has 0 radical (unpaired) electrons. The van der Waals surface area contributed by atoms with Crippen molar-refractivity contribution in [1.82, 2.24) is 10.4 Å². The molecule has 258 valence electrons. The molecule has 1 fully saturated rings. The Balaban J connectivity index is 2.49. The Morgan fingerprint density at radius 3 is 1.67 bits per heavy atom. The van der Waals surface area contributed by atoms with Crippen LogP contribution in [0.5, 0.6) is 0 Å². The summed E-state index contributed by atoms with van der Waals surface area (Å²) < 4.78 is 24.4. The molecule has 2 rings (SSSR count). The van der Waals surface area contributed by atoms with Crippen LogP contribution in [0.25, 0.3) is 0 Å². The van der Waals surface area contributed by atoms with Crippen LogP contribution in [0, 0.1) is 17.8 Å². The van der Waals surface area contributed by atoms with Gasteiger partial charge < -0.3 is 29.0 Å². The Bertz CT molecular complexity index is 957. The fourth-order valence-corrected chi connectivity index (χ4v) is 6.07. The molecule has 12 heteroatoms. The van der Waals surface area contributed by atoms with Crippen molar-refractivity contribution >= 4 is 23.7 Å². The summed E-state index contributed by atoms with van der Waals surface area (Å²) in [5.74, 6) is -2.20. The first kappa shape index (κ1) is 38.5. The second-order valence-corrected chi connectivity index (χ2v) is 12.1. The predicted octanol–water partition coefficient (Wildman–Crippen LogP) is 5.21. The number of carbonyl (C=O) groups is 3. The maximum Gasteiger partial charge on any atom is 0.309 e. The number of rotatable bonds is 20. The lowest BCUT2D eigenvalue weighted by molar-refractivity contribution is -0.179. The molecule has 0 aliphatic carbocycles. The van der Waals surface area contributed by atoms with E-state index in [-0.39, 0.29) is 36.2 Å². The quantitative estimate of drug-likeness (QED) is 0.0913. The molecule has 2 aliphatic heterocycles. The summed E-state index contributed by atoms with van der Waals surface area (Å²) in [5, 5.41) is 20.2. The number of ether oxygens (including phenoxy) is 4. The van der Waals surface area contributed by atoms with Gasteiger partial charge in [-0.25, -0.2) is 4.99 Å².